The lowest BCUT2D eigenvalue weighted by molar-refractivity contribution is -0.131. The highest BCUT2D eigenvalue weighted by Crippen LogP contribution is 2.40. The molecule has 0 bridgehead atoms. The maximum absolute atomic E-state index is 12.4. The van der Waals surface area contributed by atoms with Crippen LogP contribution in [0.25, 0.3) is 0 Å². The van der Waals surface area contributed by atoms with Crippen molar-refractivity contribution < 1.29 is 9.22 Å². The van der Waals surface area contributed by atoms with Crippen LogP contribution in [0.3, 0.4) is 0 Å². The number of carbonyl (C=O) groups excluding carboxylic acids is 1. The van der Waals surface area contributed by atoms with E-state index in [0.29, 0.717) is 12.3 Å². The van der Waals surface area contributed by atoms with Gasteiger partial charge in [-0.3, -0.25) is 4.79 Å². The number of carbonyl (C=O) groups is 1. The van der Waals surface area contributed by atoms with Crippen LogP contribution < -0.4 is 0 Å². The molecule has 1 aliphatic heterocycles. The molecule has 1 heterocycles. The molecular weight excluding hydrogens is 278 g/mol. The number of hydrogen-bond acceptors (Lipinski definition) is 2. The Balaban J connectivity index is 1.93. The fraction of sp³-hybridized carbons (Fsp3) is 0.824. The van der Waals surface area contributed by atoms with E-state index >= 15 is 0 Å². The number of nitrogens with zero attached hydrogens (tertiary/aromatic N) is 1. The van der Waals surface area contributed by atoms with E-state index < -0.39 is 8.32 Å². The van der Waals surface area contributed by atoms with Gasteiger partial charge in [-0.15, -0.1) is 0 Å². The first-order valence-electron chi connectivity index (χ1n) is 8.33. The van der Waals surface area contributed by atoms with Crippen LogP contribution in [0.15, 0.2) is 12.2 Å². The molecule has 4 heteroatoms. The van der Waals surface area contributed by atoms with Crippen molar-refractivity contribution in [3.05, 3.63) is 12.2 Å². The van der Waals surface area contributed by atoms with Gasteiger partial charge in [0.05, 0.1) is 6.10 Å². The lowest BCUT2D eigenvalue weighted by Crippen LogP contribution is -2.45. The standard InChI is InChI=1S/C17H31NO2Si/c1-17(2,3)21(4,5)20-15-10-8-9-14(15)13-16(19)18-11-6-7-12-18/h8-9,14-15H,6-7,10-13H2,1-5H3/t14-,15+/m1/s1. The quantitative estimate of drug-likeness (QED) is 0.581. The topological polar surface area (TPSA) is 29.5 Å². The molecule has 1 saturated heterocycles. The molecule has 2 aliphatic rings. The third-order valence-electron chi connectivity index (χ3n) is 5.35. The number of hydrogen-bond donors (Lipinski definition) is 0. The van der Waals surface area contributed by atoms with E-state index in [0.717, 1.165) is 32.4 Å². The molecule has 0 aromatic carbocycles. The highest BCUT2D eigenvalue weighted by molar-refractivity contribution is 6.74. The predicted molar refractivity (Wildman–Crippen MR) is 89.7 cm³/mol. The summed E-state index contributed by atoms with van der Waals surface area (Å²) in [6, 6.07) is 0. The number of likely N-dealkylation sites (tertiary alicyclic amines) is 1. The Labute approximate surface area is 130 Å². The van der Waals surface area contributed by atoms with Gasteiger partial charge in [-0.05, 0) is 37.4 Å². The van der Waals surface area contributed by atoms with Crippen molar-refractivity contribution in [2.75, 3.05) is 13.1 Å². The number of rotatable bonds is 4. The molecule has 120 valence electrons. The Morgan fingerprint density at radius 1 is 1.29 bits per heavy atom. The van der Waals surface area contributed by atoms with Crippen molar-refractivity contribution in [2.24, 2.45) is 5.92 Å². The van der Waals surface area contributed by atoms with Crippen LogP contribution in [0.5, 0.6) is 0 Å². The summed E-state index contributed by atoms with van der Waals surface area (Å²) < 4.78 is 6.55. The van der Waals surface area contributed by atoms with Gasteiger partial charge in [-0.1, -0.05) is 32.9 Å². The highest BCUT2D eigenvalue weighted by Gasteiger charge is 2.41. The van der Waals surface area contributed by atoms with E-state index in [1.807, 2.05) is 4.90 Å². The van der Waals surface area contributed by atoms with Gasteiger partial charge in [0.15, 0.2) is 8.32 Å². The molecule has 0 spiro atoms. The average Bonchev–Trinajstić information content (AvgIpc) is 2.99. The van der Waals surface area contributed by atoms with E-state index in [1.165, 1.54) is 0 Å². The summed E-state index contributed by atoms with van der Waals surface area (Å²) in [5.74, 6) is 0.583. The minimum absolute atomic E-state index is 0.206. The minimum Gasteiger partial charge on any atom is -0.413 e. The van der Waals surface area contributed by atoms with E-state index in [1.54, 1.807) is 0 Å². The highest BCUT2D eigenvalue weighted by atomic mass is 28.4. The Kier molecular flexibility index (Phi) is 4.98. The van der Waals surface area contributed by atoms with Crippen LogP contribution >= 0.6 is 0 Å². The van der Waals surface area contributed by atoms with Gasteiger partial charge in [0.2, 0.25) is 5.91 Å². The van der Waals surface area contributed by atoms with Gasteiger partial charge in [-0.2, -0.15) is 0 Å². The second-order valence-electron chi connectivity index (χ2n) is 8.04. The predicted octanol–water partition coefficient (Wildman–Crippen LogP) is 3.97. The van der Waals surface area contributed by atoms with E-state index in [9.17, 15) is 4.79 Å². The molecule has 2 atom stereocenters. The van der Waals surface area contributed by atoms with Gasteiger partial charge in [0.1, 0.15) is 0 Å². The Morgan fingerprint density at radius 2 is 1.90 bits per heavy atom. The molecule has 2 rings (SSSR count). The van der Waals surface area contributed by atoms with Gasteiger partial charge < -0.3 is 9.33 Å². The second kappa shape index (κ2) is 6.25. The van der Waals surface area contributed by atoms with Crippen LogP contribution in [-0.4, -0.2) is 38.3 Å². The van der Waals surface area contributed by atoms with Crippen LogP contribution in [0, 0.1) is 5.92 Å². The molecule has 0 radical (unpaired) electrons. The normalized spacial score (nSPS) is 26.6. The summed E-state index contributed by atoms with van der Waals surface area (Å²) >= 11 is 0. The van der Waals surface area contributed by atoms with Crippen LogP contribution in [-0.2, 0) is 9.22 Å². The van der Waals surface area contributed by atoms with E-state index in [2.05, 4.69) is 46.0 Å². The fourth-order valence-corrected chi connectivity index (χ4v) is 4.26. The molecule has 0 unspecified atom stereocenters. The third-order valence-corrected chi connectivity index (χ3v) is 9.85. The Morgan fingerprint density at radius 3 is 2.48 bits per heavy atom. The average molecular weight is 310 g/mol. The van der Waals surface area contributed by atoms with Crippen LogP contribution in [0.2, 0.25) is 18.1 Å². The van der Waals surface area contributed by atoms with Crippen molar-refractivity contribution in [1.82, 2.24) is 4.90 Å². The first kappa shape index (κ1) is 16.8. The Hall–Kier alpha value is -0.613. The van der Waals surface area contributed by atoms with Crippen LogP contribution in [0.1, 0.15) is 46.5 Å². The van der Waals surface area contributed by atoms with E-state index in [4.69, 9.17) is 4.43 Å². The van der Waals surface area contributed by atoms with Gasteiger partial charge in [0.25, 0.3) is 0 Å². The summed E-state index contributed by atoms with van der Waals surface area (Å²) in [5, 5.41) is 0.221. The SMILES string of the molecule is CC(C)(C)[Si](C)(C)O[C@H]1CC=C[C@@H]1CC(=O)N1CCCC1. The molecule has 0 saturated carbocycles. The molecule has 1 fully saturated rings. The maximum Gasteiger partial charge on any atom is 0.223 e. The summed E-state index contributed by atoms with van der Waals surface area (Å²) in [6.45, 7) is 13.3. The fourth-order valence-electron chi connectivity index (χ4n) is 2.87. The smallest absolute Gasteiger partial charge is 0.223 e. The van der Waals surface area contributed by atoms with Crippen molar-refractivity contribution >= 4 is 14.2 Å². The largest absolute Gasteiger partial charge is 0.413 e. The van der Waals surface area contributed by atoms with Crippen molar-refractivity contribution in [2.45, 2.75) is 70.7 Å². The molecular formula is C17H31NO2Si. The van der Waals surface area contributed by atoms with Crippen molar-refractivity contribution in [1.29, 1.82) is 0 Å². The van der Waals surface area contributed by atoms with Crippen LogP contribution in [0.4, 0.5) is 0 Å². The lowest BCUT2D eigenvalue weighted by atomic mass is 10.0. The van der Waals surface area contributed by atoms with Crippen molar-refractivity contribution in [3.63, 3.8) is 0 Å². The van der Waals surface area contributed by atoms with E-state index in [-0.39, 0.29) is 17.1 Å². The minimum atomic E-state index is -1.76. The zero-order chi connectivity index (χ0) is 15.7. The summed E-state index contributed by atoms with van der Waals surface area (Å²) in [6.07, 6.45) is 8.51. The zero-order valence-corrected chi connectivity index (χ0v) is 15.3. The Bertz CT molecular complexity index is 406. The monoisotopic (exact) mass is 309 g/mol. The molecule has 1 amide bonds. The van der Waals surface area contributed by atoms with Crippen molar-refractivity contribution in [3.8, 4) is 0 Å². The molecule has 0 aromatic rings. The maximum atomic E-state index is 12.4. The molecule has 3 nitrogen and oxygen atoms in total. The van der Waals surface area contributed by atoms with Gasteiger partial charge in [-0.25, -0.2) is 0 Å². The third kappa shape index (κ3) is 3.98. The first-order valence-corrected chi connectivity index (χ1v) is 11.2. The van der Waals surface area contributed by atoms with Gasteiger partial charge in [0, 0.05) is 25.4 Å². The molecule has 0 aromatic heterocycles. The second-order valence-corrected chi connectivity index (χ2v) is 12.8. The zero-order valence-electron chi connectivity index (χ0n) is 14.3. The summed E-state index contributed by atoms with van der Waals surface area (Å²) in [7, 11) is -1.76. The summed E-state index contributed by atoms with van der Waals surface area (Å²) in [4.78, 5) is 14.4. The first-order chi connectivity index (χ1) is 9.71. The lowest BCUT2D eigenvalue weighted by Gasteiger charge is -2.40. The molecule has 0 N–H and O–H groups in total. The number of amides is 1. The molecule has 1 aliphatic carbocycles. The van der Waals surface area contributed by atoms with Gasteiger partial charge >= 0.3 is 0 Å². The molecule has 21 heavy (non-hydrogen) atoms. The summed E-state index contributed by atoms with van der Waals surface area (Å²) in [5.41, 5.74) is 0.